The minimum Gasteiger partial charge on any atom is -0.368 e. The number of H-pyrrole nitrogens is 1. The molecule has 2 aromatic heterocycles. The summed E-state index contributed by atoms with van der Waals surface area (Å²) in [4.78, 5) is 37.3. The number of rotatable bonds is 4. The molecule has 1 saturated heterocycles. The van der Waals surface area contributed by atoms with Gasteiger partial charge in [-0.3, -0.25) is 14.5 Å². The van der Waals surface area contributed by atoms with Gasteiger partial charge in [-0.15, -0.1) is 0 Å². The number of hydrogen-bond donors (Lipinski definition) is 2. The Morgan fingerprint density at radius 1 is 1.12 bits per heavy atom. The number of carbonyl (C=O) groups is 1. The number of aromatic nitrogens is 3. The summed E-state index contributed by atoms with van der Waals surface area (Å²) in [5, 5.41) is 2.54. The number of fused-ring (bicyclic) bond motifs is 1. The lowest BCUT2D eigenvalue weighted by Crippen LogP contribution is -2.46. The van der Waals surface area contributed by atoms with E-state index in [1.165, 1.54) is 12.1 Å². The van der Waals surface area contributed by atoms with Crippen molar-refractivity contribution < 1.29 is 22.4 Å². The summed E-state index contributed by atoms with van der Waals surface area (Å²) >= 11 is 0. The quantitative estimate of drug-likeness (QED) is 0.560. The average molecular weight is 478 g/mol. The SMILES string of the molecule is CNC(=O)c1ccc(N2CCN(Cc3ccc4nc(C(F)(F)F)c(=O)[nH]c4c3F)CC2)c(C)n1. The zero-order valence-electron chi connectivity index (χ0n) is 18.5. The molecule has 0 spiro atoms. The van der Waals surface area contributed by atoms with Crippen LogP contribution in [0.4, 0.5) is 23.2 Å². The van der Waals surface area contributed by atoms with E-state index in [9.17, 15) is 27.2 Å². The number of benzene rings is 1. The third kappa shape index (κ3) is 4.58. The molecule has 34 heavy (non-hydrogen) atoms. The van der Waals surface area contributed by atoms with Gasteiger partial charge in [-0.05, 0) is 25.1 Å². The van der Waals surface area contributed by atoms with Gasteiger partial charge in [0.1, 0.15) is 11.2 Å². The monoisotopic (exact) mass is 478 g/mol. The van der Waals surface area contributed by atoms with Crippen LogP contribution in [0.2, 0.25) is 0 Å². The van der Waals surface area contributed by atoms with Crippen LogP contribution in [-0.4, -0.2) is 59.0 Å². The maximum absolute atomic E-state index is 15.0. The molecule has 1 aliphatic heterocycles. The molecule has 0 radical (unpaired) electrons. The fraction of sp³-hybridized carbons (Fsp3) is 0.364. The van der Waals surface area contributed by atoms with Crippen molar-refractivity contribution in [2.45, 2.75) is 19.6 Å². The Kier molecular flexibility index (Phi) is 6.26. The summed E-state index contributed by atoms with van der Waals surface area (Å²) in [6.45, 7) is 4.56. The fourth-order valence-corrected chi connectivity index (χ4v) is 4.01. The Hall–Kier alpha value is -3.54. The maximum atomic E-state index is 15.0. The molecule has 0 aliphatic carbocycles. The summed E-state index contributed by atoms with van der Waals surface area (Å²) < 4.78 is 53.7. The van der Waals surface area contributed by atoms with Gasteiger partial charge in [0.25, 0.3) is 11.5 Å². The highest BCUT2D eigenvalue weighted by molar-refractivity contribution is 5.92. The smallest absolute Gasteiger partial charge is 0.368 e. The molecule has 8 nitrogen and oxygen atoms in total. The number of pyridine rings is 1. The van der Waals surface area contributed by atoms with E-state index in [-0.39, 0.29) is 29.0 Å². The van der Waals surface area contributed by atoms with Gasteiger partial charge in [0.15, 0.2) is 5.82 Å². The number of amides is 1. The van der Waals surface area contributed by atoms with Crippen molar-refractivity contribution in [1.29, 1.82) is 0 Å². The Morgan fingerprint density at radius 2 is 1.82 bits per heavy atom. The summed E-state index contributed by atoms with van der Waals surface area (Å²) in [6.07, 6.45) is -4.92. The molecule has 0 atom stereocenters. The summed E-state index contributed by atoms with van der Waals surface area (Å²) in [6, 6.07) is 6.18. The first-order valence-corrected chi connectivity index (χ1v) is 10.5. The van der Waals surface area contributed by atoms with E-state index in [1.54, 1.807) is 13.1 Å². The van der Waals surface area contributed by atoms with Crippen molar-refractivity contribution in [3.8, 4) is 0 Å². The van der Waals surface area contributed by atoms with Crippen molar-refractivity contribution >= 4 is 22.6 Å². The lowest BCUT2D eigenvalue weighted by Gasteiger charge is -2.36. The summed E-state index contributed by atoms with van der Waals surface area (Å²) in [5.74, 6) is -1.05. The van der Waals surface area contributed by atoms with Crippen LogP contribution in [0.15, 0.2) is 29.1 Å². The van der Waals surface area contributed by atoms with Crippen molar-refractivity contribution in [2.24, 2.45) is 0 Å². The largest absolute Gasteiger partial charge is 0.438 e. The molecule has 1 aromatic carbocycles. The molecule has 12 heteroatoms. The first-order chi connectivity index (χ1) is 16.1. The third-order valence-corrected chi connectivity index (χ3v) is 5.78. The molecule has 1 amide bonds. The highest BCUT2D eigenvalue weighted by atomic mass is 19.4. The van der Waals surface area contributed by atoms with Crippen LogP contribution in [0, 0.1) is 12.7 Å². The second-order valence-corrected chi connectivity index (χ2v) is 7.99. The molecular formula is C22H22F4N6O2. The fourth-order valence-electron chi connectivity index (χ4n) is 4.01. The zero-order chi connectivity index (χ0) is 24.6. The highest BCUT2D eigenvalue weighted by Crippen LogP contribution is 2.27. The van der Waals surface area contributed by atoms with Crippen LogP contribution >= 0.6 is 0 Å². The zero-order valence-corrected chi connectivity index (χ0v) is 18.5. The van der Waals surface area contributed by atoms with Gasteiger partial charge in [0, 0.05) is 45.3 Å². The second kappa shape index (κ2) is 9.01. The highest BCUT2D eigenvalue weighted by Gasteiger charge is 2.36. The van der Waals surface area contributed by atoms with Crippen molar-refractivity contribution in [3.63, 3.8) is 0 Å². The Labute approximate surface area is 191 Å². The molecule has 3 heterocycles. The van der Waals surface area contributed by atoms with Gasteiger partial charge in [-0.1, -0.05) is 6.07 Å². The standard InChI is InChI=1S/C22H22F4N6O2/c1-12-16(6-5-15(28-12)20(33)27-2)32-9-7-31(8-10-32)11-13-3-4-14-18(17(13)23)30-21(34)19(29-14)22(24,25)26/h3-6H,7-11H2,1-2H3,(H,27,33)(H,30,34). The van der Waals surface area contributed by atoms with Crippen molar-refractivity contribution in [3.05, 3.63) is 63.1 Å². The summed E-state index contributed by atoms with van der Waals surface area (Å²) in [7, 11) is 1.54. The first-order valence-electron chi connectivity index (χ1n) is 10.5. The predicted molar refractivity (Wildman–Crippen MR) is 117 cm³/mol. The van der Waals surface area contributed by atoms with Crippen LogP contribution in [0.25, 0.3) is 11.0 Å². The third-order valence-electron chi connectivity index (χ3n) is 5.78. The van der Waals surface area contributed by atoms with Gasteiger partial charge < -0.3 is 15.2 Å². The molecule has 0 saturated carbocycles. The number of hydrogen-bond acceptors (Lipinski definition) is 6. The van der Waals surface area contributed by atoms with Gasteiger partial charge in [0.05, 0.1) is 16.9 Å². The van der Waals surface area contributed by atoms with Crippen LogP contribution in [0.3, 0.4) is 0 Å². The molecule has 3 aromatic rings. The van der Waals surface area contributed by atoms with Gasteiger partial charge in [-0.25, -0.2) is 14.4 Å². The van der Waals surface area contributed by atoms with Gasteiger partial charge in [-0.2, -0.15) is 13.2 Å². The van der Waals surface area contributed by atoms with E-state index < -0.39 is 23.2 Å². The molecule has 0 bridgehead atoms. The molecule has 0 unspecified atom stereocenters. The predicted octanol–water partition coefficient (Wildman–Crippen LogP) is 2.47. The second-order valence-electron chi connectivity index (χ2n) is 7.99. The topological polar surface area (TPSA) is 94.2 Å². The number of alkyl halides is 3. The number of piperazine rings is 1. The lowest BCUT2D eigenvalue weighted by atomic mass is 10.1. The van der Waals surface area contributed by atoms with E-state index in [0.29, 0.717) is 31.9 Å². The van der Waals surface area contributed by atoms with Crippen LogP contribution < -0.4 is 15.8 Å². The maximum Gasteiger partial charge on any atom is 0.438 e. The van der Waals surface area contributed by atoms with Crippen molar-refractivity contribution in [1.82, 2.24) is 25.2 Å². The molecule has 1 aliphatic rings. The van der Waals surface area contributed by atoms with Gasteiger partial charge in [0.2, 0.25) is 5.69 Å². The lowest BCUT2D eigenvalue weighted by molar-refractivity contribution is -0.142. The number of nitrogens with one attached hydrogen (secondary N) is 2. The van der Waals surface area contributed by atoms with Crippen molar-refractivity contribution in [2.75, 3.05) is 38.1 Å². The Bertz CT molecular complexity index is 1300. The van der Waals surface area contributed by atoms with E-state index in [1.807, 2.05) is 22.9 Å². The first kappa shape index (κ1) is 23.6. The average Bonchev–Trinajstić information content (AvgIpc) is 2.80. The Morgan fingerprint density at radius 3 is 2.44 bits per heavy atom. The number of aromatic amines is 1. The molecule has 1 fully saturated rings. The van der Waals surface area contributed by atoms with Crippen LogP contribution in [-0.2, 0) is 12.7 Å². The van der Waals surface area contributed by atoms with E-state index in [4.69, 9.17) is 0 Å². The number of halogens is 4. The van der Waals surface area contributed by atoms with Gasteiger partial charge >= 0.3 is 6.18 Å². The molecule has 2 N–H and O–H groups in total. The normalized spacial score (nSPS) is 15.1. The minimum absolute atomic E-state index is 0.228. The van der Waals surface area contributed by atoms with E-state index in [2.05, 4.69) is 20.2 Å². The number of nitrogens with zero attached hydrogens (tertiary/aromatic N) is 4. The van der Waals surface area contributed by atoms with Crippen LogP contribution in [0.5, 0.6) is 0 Å². The van der Waals surface area contributed by atoms with Crippen LogP contribution in [0.1, 0.15) is 27.4 Å². The number of carbonyl (C=O) groups excluding carboxylic acids is 1. The molecule has 180 valence electrons. The molecule has 4 rings (SSSR count). The number of aryl methyl sites for hydroxylation is 1. The minimum atomic E-state index is -4.92. The summed E-state index contributed by atoms with van der Waals surface area (Å²) in [5.41, 5.74) is -1.45. The Balaban J connectivity index is 1.47. The van der Waals surface area contributed by atoms with E-state index >= 15 is 0 Å². The van der Waals surface area contributed by atoms with E-state index in [0.717, 1.165) is 11.4 Å². The number of anilines is 1. The molecular weight excluding hydrogens is 456 g/mol.